The lowest BCUT2D eigenvalue weighted by molar-refractivity contribution is -0.122. The average molecular weight is 428 g/mol. The van der Waals surface area contributed by atoms with Crippen molar-refractivity contribution < 1.29 is 13.2 Å². The number of benzene rings is 2. The Kier molecular flexibility index (Phi) is 5.95. The lowest BCUT2D eigenvalue weighted by Gasteiger charge is -2.22. The minimum Gasteiger partial charge on any atom is -0.368 e. The molecule has 9 heteroatoms. The molecule has 0 spiro atoms. The molecule has 0 aliphatic carbocycles. The Labute approximate surface area is 168 Å². The molecule has 1 aliphatic rings. The summed E-state index contributed by atoms with van der Waals surface area (Å²) in [5, 5.41) is 0.451. The molecule has 3 N–H and O–H groups in total. The number of primary amides is 1. The van der Waals surface area contributed by atoms with Crippen molar-refractivity contribution in [3.05, 3.63) is 58.1 Å². The summed E-state index contributed by atoms with van der Waals surface area (Å²) in [5.41, 5.74) is 6.76. The first-order chi connectivity index (χ1) is 12.8. The van der Waals surface area contributed by atoms with Gasteiger partial charge in [0.05, 0.1) is 21.0 Å². The fourth-order valence-electron chi connectivity index (χ4n) is 3.16. The summed E-state index contributed by atoms with van der Waals surface area (Å²) in [6.07, 6.45) is 1.66. The monoisotopic (exact) mass is 427 g/mol. The van der Waals surface area contributed by atoms with Gasteiger partial charge < -0.3 is 5.73 Å². The van der Waals surface area contributed by atoms with E-state index in [0.29, 0.717) is 12.2 Å². The van der Waals surface area contributed by atoms with Gasteiger partial charge in [-0.25, -0.2) is 8.42 Å². The maximum atomic E-state index is 12.6. The van der Waals surface area contributed by atoms with Gasteiger partial charge in [-0.15, -0.1) is 0 Å². The van der Waals surface area contributed by atoms with Gasteiger partial charge >= 0.3 is 0 Å². The molecule has 1 aliphatic heterocycles. The van der Waals surface area contributed by atoms with Crippen LogP contribution in [-0.4, -0.2) is 31.8 Å². The number of hydrogen-bond donors (Lipinski definition) is 2. The molecule has 1 fully saturated rings. The zero-order valence-electron chi connectivity index (χ0n) is 14.4. The Morgan fingerprint density at radius 1 is 1.19 bits per heavy atom. The Bertz CT molecular complexity index is 966. The number of carbonyl (C=O) groups excluding carboxylic acids is 1. The number of nitrogens with zero attached hydrogens (tertiary/aromatic N) is 1. The Balaban J connectivity index is 1.77. The first-order valence-electron chi connectivity index (χ1n) is 8.36. The maximum Gasteiger partial charge on any atom is 0.261 e. The van der Waals surface area contributed by atoms with Crippen LogP contribution in [0.2, 0.25) is 10.0 Å². The fourth-order valence-corrected chi connectivity index (χ4v) is 4.60. The zero-order valence-corrected chi connectivity index (χ0v) is 16.7. The van der Waals surface area contributed by atoms with E-state index in [2.05, 4.69) is 4.72 Å². The summed E-state index contributed by atoms with van der Waals surface area (Å²) in [6, 6.07) is 10.9. The molecule has 2 aromatic carbocycles. The Hall–Kier alpha value is -1.80. The van der Waals surface area contributed by atoms with Gasteiger partial charge in [-0.1, -0.05) is 35.3 Å². The molecule has 1 amide bonds. The second-order valence-corrected chi connectivity index (χ2v) is 8.91. The number of carbonyl (C=O) groups is 1. The second kappa shape index (κ2) is 8.06. The second-order valence-electron chi connectivity index (χ2n) is 6.41. The van der Waals surface area contributed by atoms with Gasteiger partial charge in [0.1, 0.15) is 0 Å². The minimum absolute atomic E-state index is 0.0237. The lowest BCUT2D eigenvalue weighted by atomic mass is 10.1. The normalized spacial score (nSPS) is 17.8. The highest BCUT2D eigenvalue weighted by Gasteiger charge is 2.28. The van der Waals surface area contributed by atoms with Crippen molar-refractivity contribution in [3.63, 3.8) is 0 Å². The van der Waals surface area contributed by atoms with Crippen LogP contribution in [0.15, 0.2) is 47.4 Å². The van der Waals surface area contributed by atoms with Crippen LogP contribution in [0, 0.1) is 0 Å². The van der Waals surface area contributed by atoms with Crippen molar-refractivity contribution in [1.29, 1.82) is 0 Å². The third kappa shape index (κ3) is 4.73. The van der Waals surface area contributed by atoms with E-state index < -0.39 is 10.0 Å². The highest BCUT2D eigenvalue weighted by atomic mass is 35.5. The summed E-state index contributed by atoms with van der Waals surface area (Å²) < 4.78 is 27.7. The van der Waals surface area contributed by atoms with Crippen molar-refractivity contribution in [3.8, 4) is 0 Å². The number of sulfonamides is 1. The molecular weight excluding hydrogens is 409 g/mol. The summed E-state index contributed by atoms with van der Waals surface area (Å²) in [4.78, 5) is 13.6. The molecule has 0 unspecified atom stereocenters. The quantitative estimate of drug-likeness (QED) is 0.739. The van der Waals surface area contributed by atoms with Gasteiger partial charge in [0.2, 0.25) is 5.91 Å². The summed E-state index contributed by atoms with van der Waals surface area (Å²) >= 11 is 11.8. The standard InChI is InChI=1S/C18H19Cl2N3O3S/c19-15-7-6-14(10-16(15)20)27(25,26)22-13-4-1-3-12(9-13)11-23-8-2-5-17(23)18(21)24/h1,3-4,6-7,9-10,17,22H,2,5,8,11H2,(H2,21,24)/t17-/m0/s1. The van der Waals surface area contributed by atoms with Crippen LogP contribution >= 0.6 is 23.2 Å². The van der Waals surface area contributed by atoms with Crippen molar-refractivity contribution in [2.75, 3.05) is 11.3 Å². The number of hydrogen-bond acceptors (Lipinski definition) is 4. The van der Waals surface area contributed by atoms with E-state index in [-0.39, 0.29) is 26.9 Å². The number of halogens is 2. The van der Waals surface area contributed by atoms with Gasteiger partial charge in [0.15, 0.2) is 0 Å². The molecule has 0 saturated carbocycles. The van der Waals surface area contributed by atoms with Crippen molar-refractivity contribution in [2.24, 2.45) is 5.73 Å². The van der Waals surface area contributed by atoms with Crippen LogP contribution in [0.3, 0.4) is 0 Å². The molecule has 2 aromatic rings. The molecule has 144 valence electrons. The predicted molar refractivity (Wildman–Crippen MR) is 106 cm³/mol. The fraction of sp³-hybridized carbons (Fsp3) is 0.278. The van der Waals surface area contributed by atoms with Gasteiger partial charge in [-0.3, -0.25) is 14.4 Å². The highest BCUT2D eigenvalue weighted by molar-refractivity contribution is 7.92. The van der Waals surface area contributed by atoms with Crippen LogP contribution in [0.5, 0.6) is 0 Å². The molecule has 1 heterocycles. The number of amides is 1. The van der Waals surface area contributed by atoms with Crippen LogP contribution in [0.4, 0.5) is 5.69 Å². The van der Waals surface area contributed by atoms with Crippen LogP contribution in [-0.2, 0) is 21.4 Å². The predicted octanol–water partition coefficient (Wildman–Crippen LogP) is 3.24. The molecule has 1 atom stereocenters. The third-order valence-corrected chi connectivity index (χ3v) is 6.58. The Morgan fingerprint density at radius 3 is 2.67 bits per heavy atom. The van der Waals surface area contributed by atoms with E-state index in [1.54, 1.807) is 18.2 Å². The van der Waals surface area contributed by atoms with E-state index in [0.717, 1.165) is 24.9 Å². The number of nitrogens with one attached hydrogen (secondary N) is 1. The van der Waals surface area contributed by atoms with E-state index in [4.69, 9.17) is 28.9 Å². The number of rotatable bonds is 6. The van der Waals surface area contributed by atoms with Crippen molar-refractivity contribution in [2.45, 2.75) is 30.3 Å². The average Bonchev–Trinajstić information content (AvgIpc) is 3.05. The Morgan fingerprint density at radius 2 is 1.96 bits per heavy atom. The number of likely N-dealkylation sites (tertiary alicyclic amines) is 1. The van der Waals surface area contributed by atoms with E-state index >= 15 is 0 Å². The first kappa shape index (κ1) is 19.9. The number of anilines is 1. The first-order valence-corrected chi connectivity index (χ1v) is 10.6. The van der Waals surface area contributed by atoms with E-state index in [9.17, 15) is 13.2 Å². The topological polar surface area (TPSA) is 92.5 Å². The minimum atomic E-state index is -3.80. The molecule has 3 rings (SSSR count). The highest BCUT2D eigenvalue weighted by Crippen LogP contribution is 2.26. The summed E-state index contributed by atoms with van der Waals surface area (Å²) in [7, 11) is -3.80. The van der Waals surface area contributed by atoms with Gasteiger partial charge in [-0.2, -0.15) is 0 Å². The summed E-state index contributed by atoms with van der Waals surface area (Å²) in [6.45, 7) is 1.31. The largest absolute Gasteiger partial charge is 0.368 e. The number of nitrogens with two attached hydrogens (primary N) is 1. The molecule has 0 bridgehead atoms. The molecular formula is C18H19Cl2N3O3S. The lowest BCUT2D eigenvalue weighted by Crippen LogP contribution is -2.39. The van der Waals surface area contributed by atoms with Crippen LogP contribution < -0.4 is 10.5 Å². The third-order valence-electron chi connectivity index (χ3n) is 4.46. The summed E-state index contributed by atoms with van der Waals surface area (Å²) in [5.74, 6) is -0.330. The van der Waals surface area contributed by atoms with Gasteiger partial charge in [0, 0.05) is 12.2 Å². The molecule has 1 saturated heterocycles. The maximum absolute atomic E-state index is 12.6. The zero-order chi connectivity index (χ0) is 19.6. The van der Waals surface area contributed by atoms with E-state index in [1.807, 2.05) is 11.0 Å². The molecule has 6 nitrogen and oxygen atoms in total. The van der Waals surface area contributed by atoms with Crippen LogP contribution in [0.25, 0.3) is 0 Å². The van der Waals surface area contributed by atoms with Crippen molar-refractivity contribution in [1.82, 2.24) is 4.90 Å². The van der Waals surface area contributed by atoms with Crippen LogP contribution in [0.1, 0.15) is 18.4 Å². The smallest absolute Gasteiger partial charge is 0.261 e. The molecule has 27 heavy (non-hydrogen) atoms. The molecule has 0 aromatic heterocycles. The van der Waals surface area contributed by atoms with Gasteiger partial charge in [0.25, 0.3) is 10.0 Å². The van der Waals surface area contributed by atoms with Gasteiger partial charge in [-0.05, 0) is 55.3 Å². The van der Waals surface area contributed by atoms with Crippen molar-refractivity contribution >= 4 is 44.8 Å². The molecule has 0 radical (unpaired) electrons. The van der Waals surface area contributed by atoms with E-state index in [1.165, 1.54) is 18.2 Å². The SMILES string of the molecule is NC(=O)[C@@H]1CCCN1Cc1cccc(NS(=O)(=O)c2ccc(Cl)c(Cl)c2)c1.